The number of halogens is 2. The first kappa shape index (κ1) is 8.97. The highest BCUT2D eigenvalue weighted by atomic mass is 35.5. The predicted octanol–water partition coefficient (Wildman–Crippen LogP) is 3.08. The maximum atomic E-state index is 13.2. The molecular formula is C10H8ClFN2O. The molecule has 0 amide bonds. The Morgan fingerprint density at radius 3 is 2.93 bits per heavy atom. The van der Waals surface area contributed by atoms with Crippen LogP contribution in [0.2, 0.25) is 5.02 Å². The fourth-order valence-corrected chi connectivity index (χ4v) is 1.78. The number of hydrogen-bond acceptors (Lipinski definition) is 3. The monoisotopic (exact) mass is 226 g/mol. The summed E-state index contributed by atoms with van der Waals surface area (Å²) in [6, 6.07) is 1.17. The SMILES string of the molecule is Nc1c(F)cc(Cl)c2nc(C3CC3)oc12. The summed E-state index contributed by atoms with van der Waals surface area (Å²) < 4.78 is 18.7. The number of nitrogens with zero attached hydrogens (tertiary/aromatic N) is 1. The van der Waals surface area contributed by atoms with Gasteiger partial charge in [0.05, 0.1) is 5.02 Å². The number of benzene rings is 1. The lowest BCUT2D eigenvalue weighted by molar-refractivity contribution is 0.531. The Bertz CT molecular complexity index is 548. The second kappa shape index (κ2) is 2.85. The van der Waals surface area contributed by atoms with Crippen LogP contribution < -0.4 is 5.73 Å². The summed E-state index contributed by atoms with van der Waals surface area (Å²) in [5, 5.41) is 0.243. The molecule has 3 rings (SSSR count). The summed E-state index contributed by atoms with van der Waals surface area (Å²) >= 11 is 5.85. The molecule has 1 heterocycles. The third kappa shape index (κ3) is 1.28. The maximum Gasteiger partial charge on any atom is 0.198 e. The molecule has 1 aromatic heterocycles. The highest BCUT2D eigenvalue weighted by Gasteiger charge is 2.30. The minimum absolute atomic E-state index is 0.0196. The van der Waals surface area contributed by atoms with Crippen molar-refractivity contribution in [2.24, 2.45) is 0 Å². The molecule has 0 unspecified atom stereocenters. The van der Waals surface area contributed by atoms with Crippen LogP contribution in [0.3, 0.4) is 0 Å². The second-order valence-corrected chi connectivity index (χ2v) is 4.17. The van der Waals surface area contributed by atoms with Crippen molar-refractivity contribution >= 4 is 28.4 Å². The van der Waals surface area contributed by atoms with Crippen LogP contribution in [-0.2, 0) is 0 Å². The minimum atomic E-state index is -0.564. The predicted molar refractivity (Wildman–Crippen MR) is 55.4 cm³/mol. The standard InChI is InChI=1S/C10H8ClFN2O/c11-5-3-6(12)7(13)9-8(5)14-10(15-9)4-1-2-4/h3-4H,1-2,13H2. The van der Waals surface area contributed by atoms with Gasteiger partial charge in [-0.2, -0.15) is 0 Å². The Hall–Kier alpha value is -1.29. The van der Waals surface area contributed by atoms with Gasteiger partial charge in [0, 0.05) is 5.92 Å². The van der Waals surface area contributed by atoms with E-state index in [1.165, 1.54) is 6.07 Å². The highest BCUT2D eigenvalue weighted by molar-refractivity contribution is 6.35. The van der Waals surface area contributed by atoms with Crippen molar-refractivity contribution in [3.05, 3.63) is 22.8 Å². The van der Waals surface area contributed by atoms with Crippen molar-refractivity contribution in [3.63, 3.8) is 0 Å². The summed E-state index contributed by atoms with van der Waals surface area (Å²) in [4.78, 5) is 4.23. The molecule has 5 heteroatoms. The first-order valence-corrected chi connectivity index (χ1v) is 5.08. The molecule has 2 N–H and O–H groups in total. The van der Waals surface area contributed by atoms with Gasteiger partial charge in [-0.3, -0.25) is 0 Å². The normalized spacial score (nSPS) is 16.1. The van der Waals surface area contributed by atoms with Gasteiger partial charge in [0.15, 0.2) is 17.3 Å². The lowest BCUT2D eigenvalue weighted by Gasteiger charge is -1.97. The highest BCUT2D eigenvalue weighted by Crippen LogP contribution is 2.42. The topological polar surface area (TPSA) is 52.0 Å². The molecule has 0 radical (unpaired) electrons. The molecule has 0 spiro atoms. The molecule has 1 saturated carbocycles. The molecule has 2 aromatic rings. The quantitative estimate of drug-likeness (QED) is 0.761. The molecule has 3 nitrogen and oxygen atoms in total. The third-order valence-corrected chi connectivity index (χ3v) is 2.84. The van der Waals surface area contributed by atoms with Gasteiger partial charge in [-0.1, -0.05) is 11.6 Å². The van der Waals surface area contributed by atoms with E-state index in [1.54, 1.807) is 0 Å². The summed E-state index contributed by atoms with van der Waals surface area (Å²) in [6.07, 6.45) is 2.12. The van der Waals surface area contributed by atoms with Crippen LogP contribution in [0.5, 0.6) is 0 Å². The number of nitrogens with two attached hydrogens (primary N) is 1. The molecule has 0 saturated heterocycles. The van der Waals surface area contributed by atoms with Crippen LogP contribution in [0.4, 0.5) is 10.1 Å². The summed E-state index contributed by atoms with van der Waals surface area (Å²) in [6.45, 7) is 0. The van der Waals surface area contributed by atoms with E-state index < -0.39 is 5.82 Å². The minimum Gasteiger partial charge on any atom is -0.438 e. The Kier molecular flexibility index (Phi) is 1.71. The van der Waals surface area contributed by atoms with E-state index in [-0.39, 0.29) is 16.3 Å². The van der Waals surface area contributed by atoms with E-state index in [0.29, 0.717) is 17.3 Å². The zero-order valence-corrected chi connectivity index (χ0v) is 8.51. The van der Waals surface area contributed by atoms with Gasteiger partial charge >= 0.3 is 0 Å². The van der Waals surface area contributed by atoms with E-state index >= 15 is 0 Å². The number of rotatable bonds is 1. The van der Waals surface area contributed by atoms with Crippen molar-refractivity contribution in [1.82, 2.24) is 4.98 Å². The van der Waals surface area contributed by atoms with Crippen molar-refractivity contribution < 1.29 is 8.81 Å². The molecule has 0 atom stereocenters. The number of aromatic nitrogens is 1. The van der Waals surface area contributed by atoms with Crippen LogP contribution >= 0.6 is 11.6 Å². The Labute approximate surface area is 90.0 Å². The lowest BCUT2D eigenvalue weighted by Crippen LogP contribution is -1.91. The van der Waals surface area contributed by atoms with Crippen LogP contribution in [0.25, 0.3) is 11.1 Å². The smallest absolute Gasteiger partial charge is 0.198 e. The van der Waals surface area contributed by atoms with Crippen LogP contribution in [0.1, 0.15) is 24.7 Å². The van der Waals surface area contributed by atoms with Gasteiger partial charge < -0.3 is 10.2 Å². The van der Waals surface area contributed by atoms with E-state index in [0.717, 1.165) is 12.8 Å². The second-order valence-electron chi connectivity index (χ2n) is 3.76. The van der Waals surface area contributed by atoms with Crippen LogP contribution in [0.15, 0.2) is 10.5 Å². The number of fused-ring (bicyclic) bond motifs is 1. The van der Waals surface area contributed by atoms with Crippen LogP contribution in [0, 0.1) is 5.82 Å². The number of oxazole rings is 1. The molecule has 78 valence electrons. The molecule has 0 aliphatic heterocycles. The van der Waals surface area contributed by atoms with Gasteiger partial charge in [-0.15, -0.1) is 0 Å². The van der Waals surface area contributed by atoms with E-state index in [2.05, 4.69) is 4.98 Å². The molecular weight excluding hydrogens is 219 g/mol. The molecule has 1 aromatic carbocycles. The van der Waals surface area contributed by atoms with E-state index in [1.807, 2.05) is 0 Å². The van der Waals surface area contributed by atoms with Crippen molar-refractivity contribution in [3.8, 4) is 0 Å². The third-order valence-electron chi connectivity index (χ3n) is 2.55. The Balaban J connectivity index is 2.32. The van der Waals surface area contributed by atoms with Crippen LogP contribution in [-0.4, -0.2) is 4.98 Å². The Morgan fingerprint density at radius 1 is 1.53 bits per heavy atom. The van der Waals surface area contributed by atoms with Gasteiger partial charge in [-0.05, 0) is 18.9 Å². The number of nitrogen functional groups attached to an aromatic ring is 1. The molecule has 0 bridgehead atoms. The van der Waals surface area contributed by atoms with Gasteiger partial charge in [0.25, 0.3) is 0 Å². The summed E-state index contributed by atoms with van der Waals surface area (Å²) in [5.41, 5.74) is 6.26. The zero-order valence-electron chi connectivity index (χ0n) is 7.76. The van der Waals surface area contributed by atoms with Gasteiger partial charge in [0.1, 0.15) is 11.2 Å². The Morgan fingerprint density at radius 2 is 2.27 bits per heavy atom. The van der Waals surface area contributed by atoms with Gasteiger partial charge in [0.2, 0.25) is 0 Å². The first-order chi connectivity index (χ1) is 7.16. The summed E-state index contributed by atoms with van der Waals surface area (Å²) in [5.74, 6) is 0.408. The average molecular weight is 227 g/mol. The van der Waals surface area contributed by atoms with Crippen molar-refractivity contribution in [1.29, 1.82) is 0 Å². The zero-order chi connectivity index (χ0) is 10.6. The first-order valence-electron chi connectivity index (χ1n) is 4.70. The van der Waals surface area contributed by atoms with Gasteiger partial charge in [-0.25, -0.2) is 9.37 Å². The van der Waals surface area contributed by atoms with E-state index in [4.69, 9.17) is 21.8 Å². The lowest BCUT2D eigenvalue weighted by atomic mass is 10.3. The number of hydrogen-bond donors (Lipinski definition) is 1. The fraction of sp³-hybridized carbons (Fsp3) is 0.300. The van der Waals surface area contributed by atoms with Crippen molar-refractivity contribution in [2.75, 3.05) is 5.73 Å². The molecule has 1 fully saturated rings. The molecule has 1 aliphatic carbocycles. The summed E-state index contributed by atoms with van der Waals surface area (Å²) in [7, 11) is 0. The molecule has 1 aliphatic rings. The fourth-order valence-electron chi connectivity index (χ4n) is 1.55. The number of anilines is 1. The largest absolute Gasteiger partial charge is 0.438 e. The van der Waals surface area contributed by atoms with Crippen molar-refractivity contribution in [2.45, 2.75) is 18.8 Å². The molecule has 15 heavy (non-hydrogen) atoms. The van der Waals surface area contributed by atoms with E-state index in [9.17, 15) is 4.39 Å². The average Bonchev–Trinajstić information content (AvgIpc) is 2.94. The maximum absolute atomic E-state index is 13.2.